The van der Waals surface area contributed by atoms with Crippen LogP contribution in [-0.4, -0.2) is 68.5 Å². The van der Waals surface area contributed by atoms with E-state index in [9.17, 15) is 19.4 Å². The van der Waals surface area contributed by atoms with Gasteiger partial charge in [-0.1, -0.05) is 264 Å². The maximum atomic E-state index is 12.9. The van der Waals surface area contributed by atoms with Gasteiger partial charge in [-0.05, 0) is 12.8 Å². The molecule has 3 atom stereocenters. The number of unbranched alkanes of at least 4 members (excludes halogenated alkanes) is 38. The summed E-state index contributed by atoms with van der Waals surface area (Å²) in [7, 11) is 1.32. The van der Waals surface area contributed by atoms with Crippen LogP contribution < -0.4 is 10.2 Å². The molecule has 0 rings (SSSR count). The Bertz CT molecular complexity index is 978. The molecule has 62 heavy (non-hydrogen) atoms. The third-order valence-corrected chi connectivity index (χ3v) is 13.8. The molecule has 9 heteroatoms. The Morgan fingerprint density at radius 3 is 1.10 bits per heavy atom. The summed E-state index contributed by atoms with van der Waals surface area (Å²) in [6, 6.07) is -0.793. The Hall–Kier alpha value is -0.500. The topological polar surface area (TPSA) is 108 Å². The number of carbonyl (C=O) groups is 1. The molecule has 0 aliphatic heterocycles. The molecule has 0 aromatic carbocycles. The van der Waals surface area contributed by atoms with E-state index in [4.69, 9.17) is 9.05 Å². The van der Waals surface area contributed by atoms with E-state index in [0.717, 1.165) is 38.5 Å². The summed E-state index contributed by atoms with van der Waals surface area (Å²) in [4.78, 5) is 25.4. The number of quaternary nitrogens is 1. The first-order chi connectivity index (χ1) is 30.0. The van der Waals surface area contributed by atoms with E-state index in [1.807, 2.05) is 21.1 Å². The molecule has 0 aliphatic carbocycles. The Morgan fingerprint density at radius 1 is 0.500 bits per heavy atom. The molecule has 0 saturated carbocycles. The second-order valence-corrected chi connectivity index (χ2v) is 21.7. The third kappa shape index (κ3) is 47.5. The van der Waals surface area contributed by atoms with Gasteiger partial charge in [0.05, 0.1) is 39.9 Å². The van der Waals surface area contributed by atoms with E-state index in [-0.39, 0.29) is 19.1 Å². The lowest BCUT2D eigenvalue weighted by Gasteiger charge is -2.30. The van der Waals surface area contributed by atoms with Crippen LogP contribution in [0, 0.1) is 0 Å². The van der Waals surface area contributed by atoms with Crippen LogP contribution in [0.25, 0.3) is 0 Å². The average Bonchev–Trinajstić information content (AvgIpc) is 3.23. The highest BCUT2D eigenvalue weighted by Gasteiger charge is 2.24. The van der Waals surface area contributed by atoms with Crippen molar-refractivity contribution in [2.24, 2.45) is 0 Å². The lowest BCUT2D eigenvalue weighted by Crippen LogP contribution is -2.46. The molecule has 0 bridgehead atoms. The summed E-state index contributed by atoms with van der Waals surface area (Å²) in [6.45, 7) is 4.75. The lowest BCUT2D eigenvalue weighted by molar-refractivity contribution is -0.870. The number of aliphatic hydroxyl groups is 1. The predicted molar refractivity (Wildman–Crippen MR) is 266 cm³/mol. The van der Waals surface area contributed by atoms with Crippen molar-refractivity contribution in [2.75, 3.05) is 40.9 Å². The largest absolute Gasteiger partial charge is 0.756 e. The van der Waals surface area contributed by atoms with E-state index in [1.54, 1.807) is 0 Å². The summed E-state index contributed by atoms with van der Waals surface area (Å²) < 4.78 is 23.3. The number of likely N-dealkylation sites (N-methyl/N-ethyl adjacent to an activating group) is 1. The molecule has 372 valence electrons. The first-order valence-corrected chi connectivity index (χ1v) is 28.8. The summed E-state index contributed by atoms with van der Waals surface area (Å²) in [5, 5.41) is 14.0. The summed E-state index contributed by atoms with van der Waals surface area (Å²) in [5.74, 6) is -0.161. The van der Waals surface area contributed by atoms with E-state index in [1.165, 1.54) is 218 Å². The van der Waals surface area contributed by atoms with Crippen LogP contribution in [0.3, 0.4) is 0 Å². The van der Waals surface area contributed by atoms with Gasteiger partial charge in [0.1, 0.15) is 13.2 Å². The first-order valence-electron chi connectivity index (χ1n) is 27.4. The van der Waals surface area contributed by atoms with Gasteiger partial charge in [0.2, 0.25) is 5.91 Å². The number of nitrogens with zero attached hydrogens (tertiary/aromatic N) is 1. The minimum atomic E-state index is -4.56. The lowest BCUT2D eigenvalue weighted by atomic mass is 10.0. The number of hydrogen-bond acceptors (Lipinski definition) is 6. The van der Waals surface area contributed by atoms with Gasteiger partial charge in [-0.3, -0.25) is 9.36 Å². The second-order valence-electron chi connectivity index (χ2n) is 20.3. The third-order valence-electron chi connectivity index (χ3n) is 12.8. The number of hydrogen-bond donors (Lipinski definition) is 2. The average molecular weight is 901 g/mol. The van der Waals surface area contributed by atoms with Crippen molar-refractivity contribution in [1.82, 2.24) is 5.32 Å². The Balaban J connectivity index is 4.00. The molecule has 8 nitrogen and oxygen atoms in total. The molecule has 0 spiro atoms. The smallest absolute Gasteiger partial charge is 0.268 e. The van der Waals surface area contributed by atoms with E-state index in [2.05, 4.69) is 19.2 Å². The van der Waals surface area contributed by atoms with Gasteiger partial charge < -0.3 is 28.8 Å². The van der Waals surface area contributed by atoms with Gasteiger partial charge in [0, 0.05) is 6.42 Å². The van der Waals surface area contributed by atoms with Gasteiger partial charge in [-0.15, -0.1) is 0 Å². The monoisotopic (exact) mass is 901 g/mol. The highest BCUT2D eigenvalue weighted by molar-refractivity contribution is 7.45. The number of aliphatic hydroxyl groups excluding tert-OH is 1. The van der Waals surface area contributed by atoms with Gasteiger partial charge in [0.15, 0.2) is 0 Å². The zero-order valence-corrected chi connectivity index (χ0v) is 43.3. The summed E-state index contributed by atoms with van der Waals surface area (Å²) in [5.41, 5.74) is 0. The standard InChI is InChI=1S/C53H109N2O6P/c1-6-8-10-12-14-16-18-19-20-21-22-23-24-25-26-27-28-29-30-31-32-33-34-35-37-38-40-42-44-46-52(56)51(50-61-62(58,59)60-49-48-55(3,4)5)54-53(57)47-45-43-41-39-36-17-15-13-11-9-7-2/h51-52,56H,6-50H2,1-5H3,(H-,54,57,58,59). The molecular weight excluding hydrogens is 792 g/mol. The highest BCUT2D eigenvalue weighted by Crippen LogP contribution is 2.38. The van der Waals surface area contributed by atoms with Crippen LogP contribution in [0.5, 0.6) is 0 Å². The molecule has 0 radical (unpaired) electrons. The van der Waals surface area contributed by atoms with Crippen molar-refractivity contribution in [1.29, 1.82) is 0 Å². The molecule has 0 aliphatic rings. The number of phosphoric acid groups is 1. The van der Waals surface area contributed by atoms with Crippen LogP contribution in [0.4, 0.5) is 0 Å². The molecular formula is C53H109N2O6P. The minimum Gasteiger partial charge on any atom is -0.756 e. The zero-order valence-electron chi connectivity index (χ0n) is 42.4. The van der Waals surface area contributed by atoms with Crippen molar-refractivity contribution < 1.29 is 32.9 Å². The van der Waals surface area contributed by atoms with E-state index >= 15 is 0 Å². The van der Waals surface area contributed by atoms with Crippen molar-refractivity contribution in [3.63, 3.8) is 0 Å². The van der Waals surface area contributed by atoms with Crippen LogP contribution in [0.2, 0.25) is 0 Å². The van der Waals surface area contributed by atoms with Crippen molar-refractivity contribution in [3.8, 4) is 0 Å². The predicted octanol–water partition coefficient (Wildman–Crippen LogP) is 15.5. The van der Waals surface area contributed by atoms with Crippen LogP contribution in [0.1, 0.15) is 284 Å². The normalized spacial score (nSPS) is 14.0. The van der Waals surface area contributed by atoms with Crippen LogP contribution in [-0.2, 0) is 18.4 Å². The number of amides is 1. The summed E-state index contributed by atoms with van der Waals surface area (Å²) in [6.07, 6.45) is 52.9. The molecule has 2 N–H and O–H groups in total. The van der Waals surface area contributed by atoms with Crippen molar-refractivity contribution >= 4 is 13.7 Å². The fraction of sp³-hybridized carbons (Fsp3) is 0.981. The zero-order chi connectivity index (χ0) is 45.7. The SMILES string of the molecule is CCCCCCCCCCCCCCCCCCCCCCCCCCCCCCCC(O)C(COP(=O)([O-])OCC[N+](C)(C)C)NC(=O)CCCCCCCCCCCCC. The summed E-state index contributed by atoms with van der Waals surface area (Å²) >= 11 is 0. The molecule has 0 heterocycles. The number of phosphoric ester groups is 1. The van der Waals surface area contributed by atoms with Crippen LogP contribution >= 0.6 is 7.82 Å². The Kier molecular flexibility index (Phi) is 45.3. The highest BCUT2D eigenvalue weighted by atomic mass is 31.2. The van der Waals surface area contributed by atoms with Crippen LogP contribution in [0.15, 0.2) is 0 Å². The maximum absolute atomic E-state index is 12.9. The van der Waals surface area contributed by atoms with Gasteiger partial charge in [-0.2, -0.15) is 0 Å². The quantitative estimate of drug-likeness (QED) is 0.0358. The Morgan fingerprint density at radius 2 is 0.790 bits per heavy atom. The van der Waals surface area contributed by atoms with E-state index < -0.39 is 20.0 Å². The minimum absolute atomic E-state index is 0.0162. The molecule has 3 unspecified atom stereocenters. The number of rotatable bonds is 51. The van der Waals surface area contributed by atoms with Crippen molar-refractivity contribution in [2.45, 2.75) is 296 Å². The van der Waals surface area contributed by atoms with E-state index in [0.29, 0.717) is 23.9 Å². The molecule has 0 aromatic heterocycles. The van der Waals surface area contributed by atoms with Gasteiger partial charge >= 0.3 is 0 Å². The van der Waals surface area contributed by atoms with Gasteiger partial charge in [-0.25, -0.2) is 0 Å². The molecule has 0 fully saturated rings. The first kappa shape index (κ1) is 61.5. The number of carbonyl (C=O) groups excluding carboxylic acids is 1. The fourth-order valence-electron chi connectivity index (χ4n) is 8.51. The second kappa shape index (κ2) is 45.6. The fourth-order valence-corrected chi connectivity index (χ4v) is 9.24. The van der Waals surface area contributed by atoms with Crippen molar-refractivity contribution in [3.05, 3.63) is 0 Å². The molecule has 0 saturated heterocycles. The van der Waals surface area contributed by atoms with Gasteiger partial charge in [0.25, 0.3) is 7.82 Å². The molecule has 0 aromatic rings. The molecule has 1 amide bonds. The maximum Gasteiger partial charge on any atom is 0.268 e. The number of nitrogens with one attached hydrogen (secondary N) is 1. The Labute approximate surface area is 387 Å².